The third-order valence-corrected chi connectivity index (χ3v) is 7.73. The number of halogens is 4. The number of amides is 2. The fourth-order valence-electron chi connectivity index (χ4n) is 3.28. The van der Waals surface area contributed by atoms with Crippen molar-refractivity contribution < 1.29 is 35.9 Å². The Morgan fingerprint density at radius 2 is 2.10 bits per heavy atom. The Morgan fingerprint density at radius 1 is 1.42 bits per heavy atom. The Morgan fingerprint density at radius 3 is 2.61 bits per heavy atom. The molecule has 1 unspecified atom stereocenters. The molecule has 1 aliphatic heterocycles. The number of carbonyl (C=O) groups is 2. The number of sulfone groups is 1. The van der Waals surface area contributed by atoms with Crippen molar-refractivity contribution in [3.8, 4) is 11.8 Å². The lowest BCUT2D eigenvalue weighted by Crippen LogP contribution is -2.47. The second-order valence-corrected chi connectivity index (χ2v) is 10.0. The van der Waals surface area contributed by atoms with E-state index in [-0.39, 0.29) is 28.6 Å². The monoisotopic (exact) mass is 479 g/mol. The molecule has 0 spiro atoms. The van der Waals surface area contributed by atoms with Gasteiger partial charge in [-0.25, -0.2) is 8.42 Å². The van der Waals surface area contributed by atoms with Crippen LogP contribution in [0.3, 0.4) is 0 Å². The molecule has 1 saturated heterocycles. The first-order chi connectivity index (χ1) is 14.4. The number of rotatable bonds is 7. The summed E-state index contributed by atoms with van der Waals surface area (Å²) in [5.74, 6) is -0.878. The molecule has 0 aromatic heterocycles. The Bertz CT molecular complexity index is 1040. The van der Waals surface area contributed by atoms with E-state index in [1.54, 1.807) is 0 Å². The minimum atomic E-state index is -4.57. The average molecular weight is 480 g/mol. The summed E-state index contributed by atoms with van der Waals surface area (Å²) in [6.07, 6.45) is -3.47. The Labute approximate surface area is 180 Å². The van der Waals surface area contributed by atoms with Crippen molar-refractivity contribution >= 4 is 33.8 Å². The second-order valence-electron chi connectivity index (χ2n) is 7.40. The first-order valence-electron chi connectivity index (χ1n) is 9.08. The average Bonchev–Trinajstić information content (AvgIpc) is 3.31. The molecule has 168 valence electrons. The molecule has 1 aromatic rings. The van der Waals surface area contributed by atoms with Crippen LogP contribution in [-0.2, 0) is 19.4 Å². The fraction of sp³-hybridized carbons (Fsp3) is 0.500. The van der Waals surface area contributed by atoms with Crippen LogP contribution in [-0.4, -0.2) is 61.8 Å². The second kappa shape index (κ2) is 8.20. The summed E-state index contributed by atoms with van der Waals surface area (Å²) in [6, 6.07) is 3.94. The predicted octanol–water partition coefficient (Wildman–Crippen LogP) is 1.83. The molecule has 2 amide bonds. The maximum Gasteiger partial charge on any atom is 0.422 e. The molecule has 31 heavy (non-hydrogen) atoms. The molecule has 2 aliphatic rings. The quantitative estimate of drug-likeness (QED) is 0.596. The molecule has 2 atom stereocenters. The van der Waals surface area contributed by atoms with E-state index in [4.69, 9.17) is 16.9 Å². The smallest absolute Gasteiger partial charge is 0.422 e. The molecule has 0 radical (unpaired) electrons. The number of hydrogen-bond donors (Lipinski definition) is 1. The summed E-state index contributed by atoms with van der Waals surface area (Å²) >= 11 is 5.99. The lowest BCUT2D eigenvalue weighted by molar-refractivity contribution is -0.153. The molecule has 1 aliphatic carbocycles. The van der Waals surface area contributed by atoms with Crippen molar-refractivity contribution in [2.75, 3.05) is 13.2 Å². The van der Waals surface area contributed by atoms with Crippen LogP contribution >= 0.6 is 11.6 Å². The highest BCUT2D eigenvalue weighted by atomic mass is 35.5. The SMILES string of the molecule is N#CC1(NC(=O)[C@H]2CC(S(=O)(=O)c3ccc(OCC(F)(F)F)cc3Cl)CN2C=O)CC1. The minimum absolute atomic E-state index is 0.211. The maximum atomic E-state index is 13.0. The van der Waals surface area contributed by atoms with E-state index in [9.17, 15) is 31.2 Å². The molecule has 0 bridgehead atoms. The Hall–Kier alpha value is -2.52. The molecular formula is C18H17ClF3N3O5S. The largest absolute Gasteiger partial charge is 0.484 e. The van der Waals surface area contributed by atoms with Crippen molar-refractivity contribution in [3.63, 3.8) is 0 Å². The van der Waals surface area contributed by atoms with Crippen LogP contribution in [0, 0.1) is 11.3 Å². The molecule has 1 saturated carbocycles. The van der Waals surface area contributed by atoms with Crippen molar-refractivity contribution in [1.29, 1.82) is 5.26 Å². The Balaban J connectivity index is 1.76. The summed E-state index contributed by atoms with van der Waals surface area (Å²) in [6.45, 7) is -1.83. The summed E-state index contributed by atoms with van der Waals surface area (Å²) in [5, 5.41) is 10.2. The van der Waals surface area contributed by atoms with Crippen LogP contribution in [0.1, 0.15) is 19.3 Å². The summed E-state index contributed by atoms with van der Waals surface area (Å²) in [4.78, 5) is 24.6. The first-order valence-corrected chi connectivity index (χ1v) is 11.0. The molecular weight excluding hydrogens is 463 g/mol. The highest BCUT2D eigenvalue weighted by molar-refractivity contribution is 7.92. The molecule has 13 heteroatoms. The van der Waals surface area contributed by atoms with Crippen molar-refractivity contribution in [2.24, 2.45) is 0 Å². The molecule has 1 aromatic carbocycles. The number of hydrogen-bond acceptors (Lipinski definition) is 6. The third-order valence-electron chi connectivity index (χ3n) is 5.12. The van der Waals surface area contributed by atoms with Crippen LogP contribution < -0.4 is 10.1 Å². The lowest BCUT2D eigenvalue weighted by Gasteiger charge is -2.20. The number of nitrogens with zero attached hydrogens (tertiary/aromatic N) is 2. The van der Waals surface area contributed by atoms with Gasteiger partial charge in [0.25, 0.3) is 0 Å². The topological polar surface area (TPSA) is 117 Å². The van der Waals surface area contributed by atoms with E-state index in [0.29, 0.717) is 19.3 Å². The van der Waals surface area contributed by atoms with Crippen LogP contribution in [0.2, 0.25) is 5.02 Å². The molecule has 1 N–H and O–H groups in total. The zero-order valence-corrected chi connectivity index (χ0v) is 17.4. The number of likely N-dealkylation sites (tertiary alicyclic amines) is 1. The standard InChI is InChI=1S/C18H17ClF3N3O5S/c19-13-5-11(30-9-18(20,21)22)1-2-15(13)31(28,29)12-6-14(25(7-12)10-26)16(27)24-17(8-23)3-4-17/h1-2,5,10,12,14H,3-4,6-7,9H2,(H,24,27)/t12?,14-/m1/s1. The van der Waals surface area contributed by atoms with Gasteiger partial charge in [-0.3, -0.25) is 9.59 Å². The van der Waals surface area contributed by atoms with Gasteiger partial charge in [0.15, 0.2) is 16.4 Å². The van der Waals surface area contributed by atoms with E-state index in [0.717, 1.165) is 23.1 Å². The number of alkyl halides is 3. The van der Waals surface area contributed by atoms with Crippen LogP contribution in [0.25, 0.3) is 0 Å². The predicted molar refractivity (Wildman–Crippen MR) is 101 cm³/mol. The number of nitrogens with one attached hydrogen (secondary N) is 1. The third kappa shape index (κ3) is 5.04. The first kappa shape index (κ1) is 23.1. The van der Waals surface area contributed by atoms with E-state index in [2.05, 4.69) is 10.1 Å². The number of ether oxygens (including phenoxy) is 1. The van der Waals surface area contributed by atoms with Gasteiger partial charge in [-0.1, -0.05) is 11.6 Å². The normalized spacial score (nSPS) is 22.5. The van der Waals surface area contributed by atoms with Crippen LogP contribution in [0.15, 0.2) is 23.1 Å². The van der Waals surface area contributed by atoms with Crippen LogP contribution in [0.4, 0.5) is 13.2 Å². The number of carbonyl (C=O) groups excluding carboxylic acids is 2. The molecule has 8 nitrogen and oxygen atoms in total. The van der Waals surface area contributed by atoms with Gasteiger partial charge in [0.05, 0.1) is 21.2 Å². The van der Waals surface area contributed by atoms with Gasteiger partial charge in [0, 0.05) is 12.6 Å². The van der Waals surface area contributed by atoms with E-state index < -0.39 is 45.4 Å². The number of benzene rings is 1. The van der Waals surface area contributed by atoms with E-state index >= 15 is 0 Å². The van der Waals surface area contributed by atoms with E-state index in [1.165, 1.54) is 0 Å². The van der Waals surface area contributed by atoms with Gasteiger partial charge in [-0.15, -0.1) is 0 Å². The fourth-order valence-corrected chi connectivity index (χ4v) is 5.52. The van der Waals surface area contributed by atoms with Gasteiger partial charge in [0.2, 0.25) is 12.3 Å². The van der Waals surface area contributed by atoms with Gasteiger partial charge in [-0.05, 0) is 31.4 Å². The maximum absolute atomic E-state index is 13.0. The van der Waals surface area contributed by atoms with Crippen molar-refractivity contribution in [1.82, 2.24) is 10.2 Å². The molecule has 3 rings (SSSR count). The lowest BCUT2D eigenvalue weighted by atomic mass is 10.2. The van der Waals surface area contributed by atoms with Gasteiger partial charge in [-0.2, -0.15) is 18.4 Å². The summed E-state index contributed by atoms with van der Waals surface area (Å²) in [5.41, 5.74) is -0.974. The highest BCUT2D eigenvalue weighted by Gasteiger charge is 2.49. The Kier molecular flexibility index (Phi) is 6.12. The minimum Gasteiger partial charge on any atom is -0.484 e. The zero-order valence-electron chi connectivity index (χ0n) is 15.9. The van der Waals surface area contributed by atoms with Crippen LogP contribution in [0.5, 0.6) is 5.75 Å². The number of nitriles is 1. The summed E-state index contributed by atoms with van der Waals surface area (Å²) < 4.78 is 67.5. The molecule has 1 heterocycles. The summed E-state index contributed by atoms with van der Waals surface area (Å²) in [7, 11) is -4.13. The van der Waals surface area contributed by atoms with E-state index in [1.807, 2.05) is 6.07 Å². The van der Waals surface area contributed by atoms with Gasteiger partial charge < -0.3 is 15.0 Å². The highest BCUT2D eigenvalue weighted by Crippen LogP contribution is 2.36. The van der Waals surface area contributed by atoms with Crippen molar-refractivity contribution in [2.45, 2.75) is 47.2 Å². The zero-order chi connectivity index (χ0) is 23.0. The van der Waals surface area contributed by atoms with Gasteiger partial charge >= 0.3 is 6.18 Å². The molecule has 2 fully saturated rings. The van der Waals surface area contributed by atoms with Crippen molar-refractivity contribution in [3.05, 3.63) is 23.2 Å². The van der Waals surface area contributed by atoms with Gasteiger partial charge in [0.1, 0.15) is 17.3 Å².